The van der Waals surface area contributed by atoms with Gasteiger partial charge in [0, 0.05) is 6.07 Å². The number of nitrogens with one attached hydrogen (secondary N) is 1. The van der Waals surface area contributed by atoms with Crippen molar-refractivity contribution in [2.24, 2.45) is 5.73 Å². The molecule has 2 aromatic heterocycles. The van der Waals surface area contributed by atoms with Crippen molar-refractivity contribution in [3.05, 3.63) is 29.3 Å². The van der Waals surface area contributed by atoms with Crippen molar-refractivity contribution in [1.82, 2.24) is 10.5 Å². The fourth-order valence-corrected chi connectivity index (χ4v) is 2.77. The number of primary amides is 1. The van der Waals surface area contributed by atoms with Crippen LogP contribution in [0.15, 0.2) is 28.1 Å². The zero-order chi connectivity index (χ0) is 14.2. The predicted octanol–water partition coefficient (Wildman–Crippen LogP) is 1.04. The molecule has 1 saturated carbocycles. The van der Waals surface area contributed by atoms with E-state index in [1.807, 2.05) is 17.5 Å². The van der Waals surface area contributed by atoms with Crippen molar-refractivity contribution >= 4 is 23.2 Å². The van der Waals surface area contributed by atoms with Crippen LogP contribution in [0.5, 0.6) is 0 Å². The van der Waals surface area contributed by atoms with Gasteiger partial charge in [-0.1, -0.05) is 11.2 Å². The van der Waals surface area contributed by atoms with Gasteiger partial charge in [0.25, 0.3) is 0 Å². The van der Waals surface area contributed by atoms with E-state index in [-0.39, 0.29) is 12.5 Å². The van der Waals surface area contributed by atoms with E-state index in [0.717, 1.165) is 4.88 Å². The Hall–Kier alpha value is -2.15. The Balaban J connectivity index is 1.79. The number of hydrogen-bond donors (Lipinski definition) is 2. The third-order valence-electron chi connectivity index (χ3n) is 3.37. The predicted molar refractivity (Wildman–Crippen MR) is 72.9 cm³/mol. The minimum atomic E-state index is -0.658. The summed E-state index contributed by atoms with van der Waals surface area (Å²) in [6.07, 6.45) is 1.40. The molecule has 3 rings (SSSR count). The summed E-state index contributed by atoms with van der Waals surface area (Å²) in [6, 6.07) is 5.65. The summed E-state index contributed by atoms with van der Waals surface area (Å²) in [5, 5.41) is 8.49. The first-order valence-electron chi connectivity index (χ1n) is 6.19. The number of carbonyl (C=O) groups excluding carboxylic acids is 2. The number of aromatic nitrogens is 1. The Kier molecular flexibility index (Phi) is 3.06. The van der Waals surface area contributed by atoms with Crippen molar-refractivity contribution in [3.63, 3.8) is 0 Å². The van der Waals surface area contributed by atoms with Crippen LogP contribution in [0.2, 0.25) is 0 Å². The van der Waals surface area contributed by atoms with Gasteiger partial charge >= 0.3 is 0 Å². The molecule has 20 heavy (non-hydrogen) atoms. The Morgan fingerprint density at radius 2 is 2.30 bits per heavy atom. The molecule has 0 radical (unpaired) electrons. The fourth-order valence-electron chi connectivity index (χ4n) is 2.10. The molecule has 2 heterocycles. The number of thiophene rings is 1. The standard InChI is InChI=1S/C13H13N3O3S/c14-11(17)7-15-12(18)13(3-4-13)10-6-8(19-16-10)9-2-1-5-20-9/h1-2,5-6H,3-4,7H2,(H2,14,17)(H,15,18). The second kappa shape index (κ2) is 4.75. The zero-order valence-corrected chi connectivity index (χ0v) is 11.4. The molecule has 0 atom stereocenters. The number of hydrogen-bond acceptors (Lipinski definition) is 5. The maximum Gasteiger partial charge on any atom is 0.236 e. The molecule has 0 aromatic carbocycles. The van der Waals surface area contributed by atoms with Gasteiger partial charge in [0.05, 0.1) is 22.5 Å². The highest BCUT2D eigenvalue weighted by molar-refractivity contribution is 7.13. The Bertz CT molecular complexity index is 644. The second-order valence-electron chi connectivity index (χ2n) is 4.78. The van der Waals surface area contributed by atoms with Gasteiger partial charge in [0.1, 0.15) is 0 Å². The summed E-state index contributed by atoms with van der Waals surface area (Å²) in [5.74, 6) is -0.125. The number of nitrogens with two attached hydrogens (primary N) is 1. The summed E-state index contributed by atoms with van der Waals surface area (Å²) < 4.78 is 5.30. The molecular weight excluding hydrogens is 278 g/mol. The van der Waals surface area contributed by atoms with E-state index in [4.69, 9.17) is 10.3 Å². The van der Waals surface area contributed by atoms with Crippen molar-refractivity contribution < 1.29 is 14.1 Å². The quantitative estimate of drug-likeness (QED) is 0.859. The molecule has 2 aromatic rings. The van der Waals surface area contributed by atoms with Crippen molar-refractivity contribution in [3.8, 4) is 10.6 Å². The lowest BCUT2D eigenvalue weighted by Crippen LogP contribution is -2.39. The Morgan fingerprint density at radius 1 is 1.50 bits per heavy atom. The van der Waals surface area contributed by atoms with Gasteiger partial charge in [-0.25, -0.2) is 0 Å². The first-order chi connectivity index (χ1) is 9.62. The first-order valence-corrected chi connectivity index (χ1v) is 7.07. The molecule has 6 nitrogen and oxygen atoms in total. The van der Waals surface area contributed by atoms with Gasteiger partial charge in [0.15, 0.2) is 5.76 Å². The number of amides is 2. The van der Waals surface area contributed by atoms with Crippen LogP contribution >= 0.6 is 11.3 Å². The molecule has 1 aliphatic carbocycles. The van der Waals surface area contributed by atoms with E-state index >= 15 is 0 Å². The molecule has 0 aliphatic heterocycles. The molecule has 3 N–H and O–H groups in total. The van der Waals surface area contributed by atoms with Crippen molar-refractivity contribution in [2.45, 2.75) is 18.3 Å². The van der Waals surface area contributed by atoms with Gasteiger partial charge in [-0.3, -0.25) is 9.59 Å². The second-order valence-corrected chi connectivity index (χ2v) is 5.73. The molecule has 1 fully saturated rings. The molecule has 0 spiro atoms. The van der Waals surface area contributed by atoms with Crippen LogP contribution in [0.4, 0.5) is 0 Å². The summed E-state index contributed by atoms with van der Waals surface area (Å²) in [6.45, 7) is -0.157. The van der Waals surface area contributed by atoms with Crippen molar-refractivity contribution in [1.29, 1.82) is 0 Å². The molecule has 0 unspecified atom stereocenters. The largest absolute Gasteiger partial charge is 0.368 e. The number of rotatable bonds is 5. The topological polar surface area (TPSA) is 98.2 Å². The summed E-state index contributed by atoms with van der Waals surface area (Å²) in [5.41, 5.74) is 4.98. The summed E-state index contributed by atoms with van der Waals surface area (Å²) in [4.78, 5) is 23.8. The van der Waals surface area contributed by atoms with Gasteiger partial charge in [-0.2, -0.15) is 0 Å². The SMILES string of the molecule is NC(=O)CNC(=O)C1(c2cc(-c3cccs3)on2)CC1. The van der Waals surface area contributed by atoms with Gasteiger partial charge < -0.3 is 15.6 Å². The third-order valence-corrected chi connectivity index (χ3v) is 4.26. The highest BCUT2D eigenvalue weighted by Gasteiger charge is 2.53. The first kappa shape index (κ1) is 12.9. The minimum Gasteiger partial charge on any atom is -0.368 e. The highest BCUT2D eigenvalue weighted by atomic mass is 32.1. The lowest BCUT2D eigenvalue weighted by molar-refractivity contribution is -0.126. The van der Waals surface area contributed by atoms with Gasteiger partial charge in [-0.15, -0.1) is 11.3 Å². The van der Waals surface area contributed by atoms with Gasteiger partial charge in [-0.05, 0) is 24.3 Å². The molecule has 0 bridgehead atoms. The number of nitrogens with zero attached hydrogens (tertiary/aromatic N) is 1. The molecule has 104 valence electrons. The van der Waals surface area contributed by atoms with E-state index in [1.165, 1.54) is 0 Å². The van der Waals surface area contributed by atoms with Crippen LogP contribution in [-0.2, 0) is 15.0 Å². The van der Waals surface area contributed by atoms with E-state index in [9.17, 15) is 9.59 Å². The maximum atomic E-state index is 12.1. The van der Waals surface area contributed by atoms with E-state index in [2.05, 4.69) is 10.5 Å². The van der Waals surface area contributed by atoms with Crippen LogP contribution in [0.25, 0.3) is 10.6 Å². The maximum absolute atomic E-state index is 12.1. The van der Waals surface area contributed by atoms with Crippen LogP contribution < -0.4 is 11.1 Å². The normalized spacial score (nSPS) is 15.8. The average Bonchev–Trinajstić information content (AvgIpc) is 2.89. The Morgan fingerprint density at radius 3 is 2.90 bits per heavy atom. The van der Waals surface area contributed by atoms with Crippen LogP contribution in [0.1, 0.15) is 18.5 Å². The molecule has 1 aliphatic rings. The lowest BCUT2D eigenvalue weighted by atomic mass is 10.0. The minimum absolute atomic E-state index is 0.157. The smallest absolute Gasteiger partial charge is 0.236 e. The zero-order valence-electron chi connectivity index (χ0n) is 10.6. The van der Waals surface area contributed by atoms with Crippen LogP contribution in [0, 0.1) is 0 Å². The molecule has 0 saturated heterocycles. The van der Waals surface area contributed by atoms with E-state index in [1.54, 1.807) is 17.4 Å². The lowest BCUT2D eigenvalue weighted by Gasteiger charge is -2.10. The monoisotopic (exact) mass is 291 g/mol. The molecule has 2 amide bonds. The average molecular weight is 291 g/mol. The number of carbonyl (C=O) groups is 2. The fraction of sp³-hybridized carbons (Fsp3) is 0.308. The van der Waals surface area contributed by atoms with Crippen LogP contribution in [0.3, 0.4) is 0 Å². The Labute approximate surface area is 118 Å². The summed E-state index contributed by atoms with van der Waals surface area (Å²) >= 11 is 1.55. The van der Waals surface area contributed by atoms with Crippen LogP contribution in [-0.4, -0.2) is 23.5 Å². The van der Waals surface area contributed by atoms with Gasteiger partial charge in [0.2, 0.25) is 11.8 Å². The summed E-state index contributed by atoms with van der Waals surface area (Å²) in [7, 11) is 0. The molecular formula is C13H13N3O3S. The van der Waals surface area contributed by atoms with E-state index in [0.29, 0.717) is 24.3 Å². The third kappa shape index (κ3) is 2.20. The van der Waals surface area contributed by atoms with Crippen molar-refractivity contribution in [2.75, 3.05) is 6.54 Å². The molecule has 7 heteroatoms. The van der Waals surface area contributed by atoms with E-state index < -0.39 is 11.3 Å². The highest BCUT2D eigenvalue weighted by Crippen LogP contribution is 2.48.